The number of unbranched alkanes of at least 4 members (excludes halogenated alkanes) is 1. The number of carbonyl (C=O) groups is 9. The Labute approximate surface area is 586 Å². The minimum atomic E-state index is -1.49. The normalized spacial score (nSPS) is 14.3. The first-order valence-electron chi connectivity index (χ1n) is 34.2. The number of nitrogens with zero attached hydrogens (tertiary/aromatic N) is 3. The molecule has 0 saturated heterocycles. The minimum Gasteiger partial charge on any atom is -0.480 e. The number of hydrogen-bond acceptors (Lipinski definition) is 14. The highest BCUT2D eigenvalue weighted by molar-refractivity contribution is 5.99. The van der Waals surface area contributed by atoms with Crippen molar-refractivity contribution in [2.45, 2.75) is 172 Å². The van der Waals surface area contributed by atoms with Crippen LogP contribution < -0.4 is 88.4 Å². The van der Waals surface area contributed by atoms with E-state index in [1.54, 1.807) is 52.4 Å². The van der Waals surface area contributed by atoms with Crippen molar-refractivity contribution < 1.29 is 48.3 Å². The van der Waals surface area contributed by atoms with Crippen LogP contribution in [0.5, 0.6) is 0 Å². The van der Waals surface area contributed by atoms with Crippen molar-refractivity contribution in [2.75, 3.05) is 26.2 Å². The number of aromatic nitrogens is 3. The molecule has 0 bridgehead atoms. The Hall–Kier alpha value is -10.8. The van der Waals surface area contributed by atoms with Gasteiger partial charge < -0.3 is 108 Å². The number of aromatic amines is 3. The molecule has 548 valence electrons. The van der Waals surface area contributed by atoms with Gasteiger partial charge in [0.2, 0.25) is 47.3 Å². The molecule has 28 N–H and O–H groups in total. The van der Waals surface area contributed by atoms with Crippen LogP contribution in [0.15, 0.2) is 106 Å². The highest BCUT2D eigenvalue weighted by atomic mass is 16.4. The van der Waals surface area contributed by atoms with Crippen LogP contribution in [0.4, 0.5) is 0 Å². The largest absolute Gasteiger partial charge is 0.480 e. The Bertz CT molecular complexity index is 3850. The van der Waals surface area contributed by atoms with E-state index in [0.29, 0.717) is 53.4 Å². The lowest BCUT2D eigenvalue weighted by molar-refractivity contribution is -0.142. The number of H-pyrrole nitrogens is 3. The predicted octanol–water partition coefficient (Wildman–Crippen LogP) is -0.169. The van der Waals surface area contributed by atoms with E-state index < -0.39 is 114 Å². The van der Waals surface area contributed by atoms with E-state index in [2.05, 4.69) is 72.5 Å². The lowest BCUT2D eigenvalue weighted by Crippen LogP contribution is -2.61. The third kappa shape index (κ3) is 24.9. The summed E-state index contributed by atoms with van der Waals surface area (Å²) in [6.07, 6.45) is 6.70. The molecule has 0 unspecified atom stereocenters. The molecule has 3 aromatic heterocycles. The number of guanidine groups is 3. The molecule has 8 amide bonds. The van der Waals surface area contributed by atoms with Gasteiger partial charge in [-0.2, -0.15) is 0 Å². The average Bonchev–Trinajstić information content (AvgIpc) is 1.74. The van der Waals surface area contributed by atoms with E-state index >= 15 is 14.4 Å². The molecular formula is C69H102N22O10. The lowest BCUT2D eigenvalue weighted by atomic mass is 9.96. The van der Waals surface area contributed by atoms with Gasteiger partial charge in [-0.1, -0.05) is 95.1 Å². The smallest absolute Gasteiger partial charge is 0.326 e. The number of fused-ring (bicyclic) bond motifs is 3. The van der Waals surface area contributed by atoms with Crippen molar-refractivity contribution in [3.8, 4) is 0 Å². The fourth-order valence-electron chi connectivity index (χ4n) is 11.7. The van der Waals surface area contributed by atoms with E-state index in [1.807, 2.05) is 66.7 Å². The van der Waals surface area contributed by atoms with E-state index in [1.165, 1.54) is 0 Å². The van der Waals surface area contributed by atoms with Crippen LogP contribution in [0.1, 0.15) is 115 Å². The zero-order valence-electron chi connectivity index (χ0n) is 57.8. The molecule has 32 heteroatoms. The van der Waals surface area contributed by atoms with Gasteiger partial charge in [-0.05, 0) is 111 Å². The standard InChI is InChI=1S/C69H102N22O10/c1-5-39(4)57(65(99)86-52(26-16-30-80-69(76)77)61(95)88-54(63(97)90-56(66(100)101)31-38(2)3)33-41-36-82-48-22-10-7-18-44(41)48)91-64(98)55(34-42-37-83-49-23-11-8-19-45(42)49)89-60(94)51(25-15-29-79-68(74)75)84-59(93)50(24-14-28-78-67(72)73)85-62(96)53(87-58(92)46(71)20-12-13-27-70)32-40-35-81-47-21-9-6-17-43(40)47/h6-11,17-19,21-23,35-39,46,50-57,81-83H,5,12-16,20,24-34,70-71H2,1-4H3,(H,84,93)(H,85,96)(H,86,99)(H,87,92)(H,88,95)(H,89,94)(H,90,97)(H,91,98)(H,100,101)(H4,72,73,78)(H4,74,75,79)(H4,76,77,80)/t39-,46-,50-,51-,52-,53-,54-,55-,56-,57-/m0/s1. The number of nitrogens with one attached hydrogen (secondary N) is 11. The monoisotopic (exact) mass is 1400 g/mol. The number of carboxylic acids is 1. The summed E-state index contributed by atoms with van der Waals surface area (Å²) in [5.41, 5.74) is 50.2. The Kier molecular flexibility index (Phi) is 31.2. The Morgan fingerprint density at radius 2 is 0.752 bits per heavy atom. The average molecular weight is 1400 g/mol. The number of benzene rings is 3. The van der Waals surface area contributed by atoms with Crippen LogP contribution in [0, 0.1) is 11.8 Å². The SMILES string of the molecule is CC[C@H](C)[C@H](NC(=O)[C@H](Cc1c[nH]c2ccccc12)NC(=O)[C@H](CCCN=C(N)N)NC(=O)[C@H](CCCN=C(N)N)NC(=O)[C@H](Cc1c[nH]c2ccccc12)NC(=O)[C@@H](N)CCCCN)C(=O)N[C@@H](CCCN=C(N)N)C(=O)N[C@@H](Cc1c[nH]c2ccccc12)C(=O)N[C@@H](CC(C)C)C(=O)O. The maximum absolute atomic E-state index is 15.3. The number of carbonyl (C=O) groups excluding carboxylic acids is 8. The van der Waals surface area contributed by atoms with Gasteiger partial charge in [0.1, 0.15) is 48.3 Å². The minimum absolute atomic E-state index is 0.00390. The molecule has 0 aliphatic heterocycles. The molecule has 101 heavy (non-hydrogen) atoms. The van der Waals surface area contributed by atoms with Gasteiger partial charge in [-0.25, -0.2) is 4.79 Å². The zero-order chi connectivity index (χ0) is 73.7. The Morgan fingerprint density at radius 1 is 0.426 bits per heavy atom. The highest BCUT2D eigenvalue weighted by Crippen LogP contribution is 2.24. The van der Waals surface area contributed by atoms with Crippen molar-refractivity contribution in [1.82, 2.24) is 57.5 Å². The van der Waals surface area contributed by atoms with Gasteiger partial charge in [0.25, 0.3) is 0 Å². The number of carboxylic acid groups (broad SMARTS) is 1. The summed E-state index contributed by atoms with van der Waals surface area (Å²) in [7, 11) is 0. The Morgan fingerprint density at radius 3 is 1.10 bits per heavy atom. The van der Waals surface area contributed by atoms with E-state index in [-0.39, 0.29) is 114 Å². The number of amides is 8. The Balaban J connectivity index is 1.32. The van der Waals surface area contributed by atoms with Crippen molar-refractivity contribution in [3.05, 3.63) is 108 Å². The number of aliphatic imine (C=N–C) groups is 3. The van der Waals surface area contributed by atoms with Crippen LogP contribution in [0.2, 0.25) is 0 Å². The third-order valence-electron chi connectivity index (χ3n) is 17.4. The van der Waals surface area contributed by atoms with Crippen LogP contribution in [-0.2, 0) is 62.4 Å². The molecule has 10 atom stereocenters. The molecule has 0 saturated carbocycles. The van der Waals surface area contributed by atoms with Gasteiger partial charge in [-0.15, -0.1) is 0 Å². The summed E-state index contributed by atoms with van der Waals surface area (Å²) < 4.78 is 0. The molecule has 0 spiro atoms. The van der Waals surface area contributed by atoms with Crippen molar-refractivity contribution in [3.63, 3.8) is 0 Å². The number of rotatable bonds is 43. The highest BCUT2D eigenvalue weighted by Gasteiger charge is 2.37. The van der Waals surface area contributed by atoms with Crippen molar-refractivity contribution in [2.24, 2.45) is 72.7 Å². The number of hydrogen-bond donors (Lipinski definition) is 20. The van der Waals surface area contributed by atoms with Crippen molar-refractivity contribution in [1.29, 1.82) is 0 Å². The maximum Gasteiger partial charge on any atom is 0.326 e. The number of aliphatic carboxylic acids is 1. The molecular weight excluding hydrogens is 1300 g/mol. The second-order valence-electron chi connectivity index (χ2n) is 25.7. The first-order valence-corrected chi connectivity index (χ1v) is 34.2. The topological polar surface area (TPSA) is 563 Å². The molecule has 3 heterocycles. The van der Waals surface area contributed by atoms with Crippen LogP contribution in [-0.4, -0.2) is 172 Å². The first-order chi connectivity index (χ1) is 48.3. The summed E-state index contributed by atoms with van der Waals surface area (Å²) in [6.45, 7) is 7.56. The van der Waals surface area contributed by atoms with Gasteiger partial charge >= 0.3 is 5.97 Å². The summed E-state index contributed by atoms with van der Waals surface area (Å²) in [6, 6.07) is 9.83. The third-order valence-corrected chi connectivity index (χ3v) is 17.4. The van der Waals surface area contributed by atoms with E-state index in [4.69, 9.17) is 45.9 Å². The molecule has 0 aliphatic carbocycles. The fraction of sp³-hybridized carbons (Fsp3) is 0.478. The predicted molar refractivity (Wildman–Crippen MR) is 389 cm³/mol. The van der Waals surface area contributed by atoms with Gasteiger partial charge in [0, 0.05) is 90.2 Å². The lowest BCUT2D eigenvalue weighted by Gasteiger charge is -2.30. The summed E-state index contributed by atoms with van der Waals surface area (Å²) in [5, 5.41) is 34.7. The first kappa shape index (κ1) is 79.2. The quantitative estimate of drug-likeness (QED) is 0.0134. The van der Waals surface area contributed by atoms with E-state index in [9.17, 15) is 33.9 Å². The van der Waals surface area contributed by atoms with Crippen LogP contribution >= 0.6 is 0 Å². The summed E-state index contributed by atoms with van der Waals surface area (Å²) in [4.78, 5) is 152. The molecule has 3 aromatic carbocycles. The molecule has 6 aromatic rings. The maximum atomic E-state index is 15.3. The second kappa shape index (κ2) is 39.7. The van der Waals surface area contributed by atoms with Crippen LogP contribution in [0.3, 0.4) is 0 Å². The second-order valence-corrected chi connectivity index (χ2v) is 25.7. The zero-order valence-corrected chi connectivity index (χ0v) is 57.8. The molecule has 0 radical (unpaired) electrons. The molecule has 0 aliphatic rings. The van der Waals surface area contributed by atoms with Gasteiger partial charge in [0.05, 0.1) is 6.04 Å². The van der Waals surface area contributed by atoms with Gasteiger partial charge in [0.15, 0.2) is 17.9 Å². The van der Waals surface area contributed by atoms with Crippen LogP contribution in [0.25, 0.3) is 32.7 Å². The van der Waals surface area contributed by atoms with Crippen molar-refractivity contribution >= 4 is 104 Å². The van der Waals surface area contributed by atoms with E-state index in [0.717, 1.165) is 21.8 Å². The van der Waals surface area contributed by atoms with Gasteiger partial charge in [-0.3, -0.25) is 53.3 Å². The fourth-order valence-corrected chi connectivity index (χ4v) is 11.7. The molecule has 0 fully saturated rings. The summed E-state index contributed by atoms with van der Waals surface area (Å²) in [5.74, 6) is -9.09. The number of para-hydroxylation sites is 3. The number of nitrogens with two attached hydrogens (primary N) is 8. The summed E-state index contributed by atoms with van der Waals surface area (Å²) >= 11 is 0. The molecule has 6 rings (SSSR count). The molecule has 32 nitrogen and oxygen atoms in total.